The van der Waals surface area contributed by atoms with Crippen LogP contribution in [0.5, 0.6) is 0 Å². The van der Waals surface area contributed by atoms with Gasteiger partial charge in [0.1, 0.15) is 37.2 Å². The maximum atomic E-state index is 12.8. The Balaban J connectivity index is 1.53. The predicted octanol–water partition coefficient (Wildman–Crippen LogP) is -2.30. The molecule has 2 aromatic rings. The standard InChI is InChI=1S/C24H32N6O9/c1-29(24(37)38-13-14-5-3-2-4-6-14)10-20(34)26-16(11-31)21(35)27-15-9-17(33)22(39-18(15)12-32)30-8-7-19(25)28-23(30)36/h2-8,15-18,22,31-33H,9-13H2,1H3,(H,26,34)(H,27,35)(H2,25,28,36)/t15-,16?,17+,18+,22+/m0/s1. The molecule has 0 radical (unpaired) electrons. The van der Waals surface area contributed by atoms with Crippen LogP contribution in [0.25, 0.3) is 0 Å². The van der Waals surface area contributed by atoms with Gasteiger partial charge >= 0.3 is 11.8 Å². The molecule has 15 heteroatoms. The molecule has 1 unspecified atom stereocenters. The number of aliphatic hydroxyl groups excluding tert-OH is 3. The molecule has 3 amide bonds. The maximum absolute atomic E-state index is 12.8. The Morgan fingerprint density at radius 2 is 1.97 bits per heavy atom. The van der Waals surface area contributed by atoms with Crippen LogP contribution in [0.4, 0.5) is 10.6 Å². The van der Waals surface area contributed by atoms with Crippen molar-refractivity contribution in [3.8, 4) is 0 Å². The van der Waals surface area contributed by atoms with Crippen molar-refractivity contribution in [3.63, 3.8) is 0 Å². The number of nitrogens with zero attached hydrogens (tertiary/aromatic N) is 3. The van der Waals surface area contributed by atoms with Gasteiger partial charge in [0.25, 0.3) is 0 Å². The lowest BCUT2D eigenvalue weighted by atomic mass is 9.98. The van der Waals surface area contributed by atoms with Crippen LogP contribution in [-0.4, -0.2) is 98.8 Å². The van der Waals surface area contributed by atoms with Gasteiger partial charge in [-0.15, -0.1) is 0 Å². The second-order valence-electron chi connectivity index (χ2n) is 8.91. The zero-order chi connectivity index (χ0) is 28.5. The molecule has 0 saturated carbocycles. The van der Waals surface area contributed by atoms with Crippen molar-refractivity contribution in [2.24, 2.45) is 0 Å². The van der Waals surface area contributed by atoms with Crippen molar-refractivity contribution >= 4 is 23.7 Å². The molecule has 1 saturated heterocycles. The van der Waals surface area contributed by atoms with E-state index in [9.17, 15) is 34.5 Å². The summed E-state index contributed by atoms with van der Waals surface area (Å²) < 4.78 is 11.8. The number of anilines is 1. The van der Waals surface area contributed by atoms with Crippen molar-refractivity contribution in [3.05, 3.63) is 58.6 Å². The number of likely N-dealkylation sites (N-methyl/N-ethyl adjacent to an activating group) is 1. The number of aliphatic hydroxyl groups is 3. The van der Waals surface area contributed by atoms with Crippen molar-refractivity contribution in [1.29, 1.82) is 0 Å². The molecule has 1 aliphatic heterocycles. The second-order valence-corrected chi connectivity index (χ2v) is 8.91. The number of ether oxygens (including phenoxy) is 2. The highest BCUT2D eigenvalue weighted by Crippen LogP contribution is 2.27. The van der Waals surface area contributed by atoms with Gasteiger partial charge in [-0.25, -0.2) is 9.59 Å². The van der Waals surface area contributed by atoms with E-state index in [4.69, 9.17) is 15.2 Å². The maximum Gasteiger partial charge on any atom is 0.410 e. The molecule has 1 aromatic heterocycles. The molecule has 212 valence electrons. The van der Waals surface area contributed by atoms with Gasteiger partial charge in [0.2, 0.25) is 11.8 Å². The summed E-state index contributed by atoms with van der Waals surface area (Å²) in [5.74, 6) is -1.57. The Hall–Kier alpha value is -4.05. The lowest BCUT2D eigenvalue weighted by Gasteiger charge is -2.39. The number of amides is 3. The smallest absolute Gasteiger partial charge is 0.410 e. The summed E-state index contributed by atoms with van der Waals surface area (Å²) in [6.45, 7) is -1.78. The topological polar surface area (TPSA) is 219 Å². The van der Waals surface area contributed by atoms with Gasteiger partial charge in [0.15, 0.2) is 6.23 Å². The molecule has 1 fully saturated rings. The van der Waals surface area contributed by atoms with E-state index in [1.807, 2.05) is 6.07 Å². The highest BCUT2D eigenvalue weighted by Gasteiger charge is 2.40. The lowest BCUT2D eigenvalue weighted by molar-refractivity contribution is -0.179. The second kappa shape index (κ2) is 13.7. The molecule has 0 bridgehead atoms. The average molecular weight is 549 g/mol. The minimum Gasteiger partial charge on any atom is -0.445 e. The van der Waals surface area contributed by atoms with E-state index in [2.05, 4.69) is 15.6 Å². The fraction of sp³-hybridized carbons (Fsp3) is 0.458. The number of carbonyl (C=O) groups is 3. The molecule has 0 spiro atoms. The van der Waals surface area contributed by atoms with E-state index < -0.39 is 73.9 Å². The zero-order valence-corrected chi connectivity index (χ0v) is 21.2. The SMILES string of the molecule is CN(CC(=O)NC(CO)C(=O)N[C@H]1C[C@@H](O)[C@H](n2ccc(N)nc2=O)O[C@@H]1CO)C(=O)OCc1ccccc1. The van der Waals surface area contributed by atoms with Gasteiger partial charge in [0, 0.05) is 19.7 Å². The Kier molecular flexibility index (Phi) is 10.3. The third kappa shape index (κ3) is 7.97. The quantitative estimate of drug-likeness (QED) is 0.185. The van der Waals surface area contributed by atoms with Crippen LogP contribution >= 0.6 is 0 Å². The van der Waals surface area contributed by atoms with E-state index in [-0.39, 0.29) is 18.8 Å². The first-order valence-corrected chi connectivity index (χ1v) is 12.0. The number of nitrogens with two attached hydrogens (primary N) is 1. The minimum atomic E-state index is -1.40. The summed E-state index contributed by atoms with van der Waals surface area (Å²) in [6, 6.07) is 7.97. The van der Waals surface area contributed by atoms with Crippen molar-refractivity contribution < 1.29 is 39.2 Å². The molecular weight excluding hydrogens is 516 g/mol. The summed E-state index contributed by atoms with van der Waals surface area (Å²) in [5.41, 5.74) is 5.48. The van der Waals surface area contributed by atoms with E-state index in [0.717, 1.165) is 15.0 Å². The fourth-order valence-corrected chi connectivity index (χ4v) is 3.91. The first kappa shape index (κ1) is 29.5. The summed E-state index contributed by atoms with van der Waals surface area (Å²) in [6.07, 6.45) is -3.10. The highest BCUT2D eigenvalue weighted by molar-refractivity contribution is 5.89. The van der Waals surface area contributed by atoms with Crippen molar-refractivity contribution in [1.82, 2.24) is 25.1 Å². The predicted molar refractivity (Wildman–Crippen MR) is 135 cm³/mol. The minimum absolute atomic E-state index is 0.0129. The number of hydrogen-bond acceptors (Lipinski definition) is 11. The number of benzene rings is 1. The molecule has 7 N–H and O–H groups in total. The number of nitrogen functional groups attached to an aromatic ring is 1. The number of aromatic nitrogens is 2. The number of hydrogen-bond donors (Lipinski definition) is 6. The van der Waals surface area contributed by atoms with Gasteiger partial charge in [-0.2, -0.15) is 4.98 Å². The normalized spacial score (nSPS) is 21.4. The van der Waals surface area contributed by atoms with Crippen LogP contribution in [0.15, 0.2) is 47.4 Å². The van der Waals surface area contributed by atoms with Crippen LogP contribution in [0, 0.1) is 0 Å². The van der Waals surface area contributed by atoms with E-state index in [1.165, 1.54) is 19.3 Å². The number of carbonyl (C=O) groups excluding carboxylic acids is 3. The third-order valence-electron chi connectivity index (χ3n) is 5.95. The van der Waals surface area contributed by atoms with Crippen LogP contribution in [-0.2, 0) is 25.7 Å². The van der Waals surface area contributed by atoms with E-state index >= 15 is 0 Å². The Morgan fingerprint density at radius 3 is 2.62 bits per heavy atom. The lowest BCUT2D eigenvalue weighted by Crippen LogP contribution is -2.59. The Morgan fingerprint density at radius 1 is 1.26 bits per heavy atom. The number of nitrogens with one attached hydrogen (secondary N) is 2. The summed E-state index contributed by atoms with van der Waals surface area (Å²) in [5, 5.41) is 34.9. The molecule has 3 rings (SSSR count). The highest BCUT2D eigenvalue weighted by atomic mass is 16.6. The molecule has 1 aromatic carbocycles. The monoisotopic (exact) mass is 548 g/mol. The molecule has 15 nitrogen and oxygen atoms in total. The van der Waals surface area contributed by atoms with Crippen molar-refractivity contribution in [2.45, 2.75) is 43.5 Å². The number of rotatable bonds is 10. The van der Waals surface area contributed by atoms with Crippen LogP contribution < -0.4 is 22.1 Å². The Bertz CT molecular complexity index is 1190. The van der Waals surface area contributed by atoms with Gasteiger partial charge in [-0.05, 0) is 11.6 Å². The van der Waals surface area contributed by atoms with Gasteiger partial charge in [-0.3, -0.25) is 14.2 Å². The van der Waals surface area contributed by atoms with E-state index in [1.54, 1.807) is 24.3 Å². The van der Waals surface area contributed by atoms with Gasteiger partial charge < -0.3 is 46.1 Å². The molecular formula is C24H32N6O9. The molecule has 2 heterocycles. The molecule has 5 atom stereocenters. The molecule has 39 heavy (non-hydrogen) atoms. The van der Waals surface area contributed by atoms with Crippen LogP contribution in [0.3, 0.4) is 0 Å². The molecule has 0 aliphatic carbocycles. The van der Waals surface area contributed by atoms with Gasteiger partial charge in [-0.1, -0.05) is 30.3 Å². The third-order valence-corrected chi connectivity index (χ3v) is 5.95. The molecule has 1 aliphatic rings. The Labute approximate surface area is 223 Å². The van der Waals surface area contributed by atoms with Crippen LogP contribution in [0.1, 0.15) is 18.2 Å². The van der Waals surface area contributed by atoms with Gasteiger partial charge in [0.05, 0.1) is 19.3 Å². The summed E-state index contributed by atoms with van der Waals surface area (Å²) >= 11 is 0. The average Bonchev–Trinajstić information content (AvgIpc) is 2.91. The first-order valence-electron chi connectivity index (χ1n) is 12.0. The van der Waals surface area contributed by atoms with Crippen LogP contribution in [0.2, 0.25) is 0 Å². The van der Waals surface area contributed by atoms with E-state index in [0.29, 0.717) is 0 Å². The zero-order valence-electron chi connectivity index (χ0n) is 21.2. The summed E-state index contributed by atoms with van der Waals surface area (Å²) in [7, 11) is 1.34. The summed E-state index contributed by atoms with van der Waals surface area (Å²) in [4.78, 5) is 54.1. The first-order chi connectivity index (χ1) is 18.6. The fourth-order valence-electron chi connectivity index (χ4n) is 3.91. The van der Waals surface area contributed by atoms with Crippen molar-refractivity contribution in [2.75, 3.05) is 32.5 Å². The largest absolute Gasteiger partial charge is 0.445 e.